The molecule has 2 aromatic rings. The Morgan fingerprint density at radius 3 is 2.50 bits per heavy atom. The first kappa shape index (κ1) is 14.4. The highest BCUT2D eigenvalue weighted by Gasteiger charge is 2.31. The molecule has 0 aliphatic rings. The maximum absolute atomic E-state index is 13.6. The van der Waals surface area contributed by atoms with Crippen LogP contribution < -0.4 is 5.32 Å². The summed E-state index contributed by atoms with van der Waals surface area (Å²) >= 11 is 0. The van der Waals surface area contributed by atoms with Gasteiger partial charge in [0.1, 0.15) is 5.82 Å². The maximum atomic E-state index is 13.6. The fraction of sp³-hybridized carbons (Fsp3) is 0.308. The highest BCUT2D eigenvalue weighted by atomic mass is 19.4. The van der Waals surface area contributed by atoms with Gasteiger partial charge < -0.3 is 5.32 Å². The van der Waals surface area contributed by atoms with E-state index in [1.54, 1.807) is 17.9 Å². The van der Waals surface area contributed by atoms with Crippen LogP contribution >= 0.6 is 0 Å². The van der Waals surface area contributed by atoms with Crippen molar-refractivity contribution in [2.24, 2.45) is 7.05 Å². The van der Waals surface area contributed by atoms with E-state index in [1.807, 2.05) is 6.92 Å². The number of hydrogen-bond donors (Lipinski definition) is 1. The fourth-order valence-corrected chi connectivity index (χ4v) is 1.73. The molecule has 1 N–H and O–H groups in total. The molecule has 7 heteroatoms. The molecule has 1 aromatic heterocycles. The second-order valence-corrected chi connectivity index (χ2v) is 4.42. The molecule has 3 nitrogen and oxygen atoms in total. The molecule has 0 radical (unpaired) electrons. The topological polar surface area (TPSA) is 29.9 Å². The van der Waals surface area contributed by atoms with Crippen LogP contribution in [0.15, 0.2) is 24.4 Å². The molecule has 0 saturated carbocycles. The van der Waals surface area contributed by atoms with Crippen LogP contribution in [-0.4, -0.2) is 9.78 Å². The van der Waals surface area contributed by atoms with Gasteiger partial charge in [-0.15, -0.1) is 0 Å². The molecule has 2 rings (SSSR count). The molecule has 0 unspecified atom stereocenters. The molecule has 1 aromatic carbocycles. The number of halogens is 4. The fourth-order valence-electron chi connectivity index (χ4n) is 1.73. The first-order chi connectivity index (χ1) is 9.29. The third kappa shape index (κ3) is 2.92. The van der Waals surface area contributed by atoms with Crippen molar-refractivity contribution >= 4 is 5.69 Å². The van der Waals surface area contributed by atoms with Gasteiger partial charge in [0, 0.05) is 19.2 Å². The molecular weight excluding hydrogens is 274 g/mol. The van der Waals surface area contributed by atoms with Crippen LogP contribution in [0.4, 0.5) is 23.2 Å². The molecule has 0 fully saturated rings. The van der Waals surface area contributed by atoms with Crippen LogP contribution in [0.2, 0.25) is 0 Å². The maximum Gasteiger partial charge on any atom is 0.416 e. The third-order valence-corrected chi connectivity index (χ3v) is 3.08. The van der Waals surface area contributed by atoms with Crippen molar-refractivity contribution in [1.29, 1.82) is 0 Å². The van der Waals surface area contributed by atoms with E-state index in [0.29, 0.717) is 11.8 Å². The van der Waals surface area contributed by atoms with Gasteiger partial charge >= 0.3 is 6.18 Å². The third-order valence-electron chi connectivity index (χ3n) is 3.08. The summed E-state index contributed by atoms with van der Waals surface area (Å²) in [6.07, 6.45) is -2.95. The predicted molar refractivity (Wildman–Crippen MR) is 66.7 cm³/mol. The summed E-state index contributed by atoms with van der Waals surface area (Å²) in [7, 11) is 1.76. The van der Waals surface area contributed by atoms with E-state index in [0.717, 1.165) is 17.8 Å². The number of alkyl halides is 3. The smallest absolute Gasteiger partial charge is 0.378 e. The van der Waals surface area contributed by atoms with Gasteiger partial charge in [-0.05, 0) is 19.1 Å². The van der Waals surface area contributed by atoms with Crippen LogP contribution in [0.3, 0.4) is 0 Å². The summed E-state index contributed by atoms with van der Waals surface area (Å²) in [4.78, 5) is 0. The van der Waals surface area contributed by atoms with Crippen molar-refractivity contribution < 1.29 is 17.6 Å². The minimum absolute atomic E-state index is 0.0938. The summed E-state index contributed by atoms with van der Waals surface area (Å²) in [5.41, 5.74) is 0.752. The van der Waals surface area contributed by atoms with E-state index in [9.17, 15) is 17.6 Å². The number of aromatic nitrogens is 2. The molecule has 108 valence electrons. The lowest BCUT2D eigenvalue weighted by atomic mass is 10.1. The number of nitrogens with zero attached hydrogens (tertiary/aromatic N) is 2. The quantitative estimate of drug-likeness (QED) is 0.876. The van der Waals surface area contributed by atoms with E-state index >= 15 is 0 Å². The Kier molecular flexibility index (Phi) is 3.69. The summed E-state index contributed by atoms with van der Waals surface area (Å²) in [5, 5.41) is 6.95. The molecule has 0 amide bonds. The van der Waals surface area contributed by atoms with Crippen molar-refractivity contribution in [2.45, 2.75) is 19.6 Å². The van der Waals surface area contributed by atoms with Crippen molar-refractivity contribution in [3.8, 4) is 0 Å². The van der Waals surface area contributed by atoms with E-state index < -0.39 is 17.6 Å². The summed E-state index contributed by atoms with van der Waals surface area (Å²) in [5.74, 6) is -0.881. The number of hydrogen-bond acceptors (Lipinski definition) is 2. The van der Waals surface area contributed by atoms with Crippen molar-refractivity contribution in [1.82, 2.24) is 9.78 Å². The molecule has 0 aliphatic carbocycles. The first-order valence-electron chi connectivity index (χ1n) is 5.87. The number of anilines is 1. The average molecular weight is 287 g/mol. The minimum Gasteiger partial charge on any atom is -0.378 e. The number of nitrogens with one attached hydrogen (secondary N) is 1. The SMILES string of the molecule is Cc1c(NCc2ccc(C(F)(F)F)cc2F)cnn1C. The number of rotatable bonds is 3. The Morgan fingerprint density at radius 2 is 2.00 bits per heavy atom. The summed E-state index contributed by atoms with van der Waals surface area (Å²) in [6, 6.07) is 2.51. The molecule has 0 saturated heterocycles. The summed E-state index contributed by atoms with van der Waals surface area (Å²) < 4.78 is 52.5. The normalized spacial score (nSPS) is 11.7. The lowest BCUT2D eigenvalue weighted by Crippen LogP contribution is -2.08. The van der Waals surface area contributed by atoms with Gasteiger partial charge in [-0.25, -0.2) is 4.39 Å². The predicted octanol–water partition coefficient (Wildman–Crippen LogP) is 3.50. The van der Waals surface area contributed by atoms with Crippen molar-refractivity contribution in [3.63, 3.8) is 0 Å². The van der Waals surface area contributed by atoms with Crippen LogP contribution in [-0.2, 0) is 19.8 Å². The average Bonchev–Trinajstić information content (AvgIpc) is 2.67. The lowest BCUT2D eigenvalue weighted by molar-refractivity contribution is -0.137. The first-order valence-corrected chi connectivity index (χ1v) is 5.87. The number of benzene rings is 1. The molecule has 0 spiro atoms. The Hall–Kier alpha value is -2.05. The molecule has 1 heterocycles. The highest BCUT2D eigenvalue weighted by Crippen LogP contribution is 2.30. The van der Waals surface area contributed by atoms with Gasteiger partial charge in [0.25, 0.3) is 0 Å². The Balaban J connectivity index is 2.13. The van der Waals surface area contributed by atoms with E-state index in [2.05, 4.69) is 10.4 Å². The van der Waals surface area contributed by atoms with Crippen LogP contribution in [0.1, 0.15) is 16.8 Å². The molecule has 0 bridgehead atoms. The zero-order valence-corrected chi connectivity index (χ0v) is 10.9. The van der Waals surface area contributed by atoms with E-state index in [-0.39, 0.29) is 12.1 Å². The monoisotopic (exact) mass is 287 g/mol. The van der Waals surface area contributed by atoms with E-state index in [1.165, 1.54) is 0 Å². The zero-order chi connectivity index (χ0) is 14.9. The highest BCUT2D eigenvalue weighted by molar-refractivity contribution is 5.46. The Bertz CT molecular complexity index is 617. The zero-order valence-electron chi connectivity index (χ0n) is 10.9. The van der Waals surface area contributed by atoms with Crippen LogP contribution in [0.5, 0.6) is 0 Å². The standard InChI is InChI=1S/C13H13F4N3/c1-8-12(7-19-20(8)2)18-6-9-3-4-10(5-11(9)14)13(15,16)17/h3-5,7,18H,6H2,1-2H3. The van der Waals surface area contributed by atoms with Gasteiger partial charge in [0.2, 0.25) is 0 Å². The molecule has 0 atom stereocenters. The number of aryl methyl sites for hydroxylation is 1. The Morgan fingerprint density at radius 1 is 1.30 bits per heavy atom. The Labute approximate surface area is 113 Å². The van der Waals surface area contributed by atoms with Gasteiger partial charge in [-0.1, -0.05) is 6.07 Å². The molecular formula is C13H13F4N3. The van der Waals surface area contributed by atoms with E-state index in [4.69, 9.17) is 0 Å². The van der Waals surface area contributed by atoms with Gasteiger partial charge in [-0.3, -0.25) is 4.68 Å². The van der Waals surface area contributed by atoms with Crippen molar-refractivity contribution in [3.05, 3.63) is 47.0 Å². The molecule has 0 aliphatic heterocycles. The lowest BCUT2D eigenvalue weighted by Gasteiger charge is -2.10. The summed E-state index contributed by atoms with van der Waals surface area (Å²) in [6.45, 7) is 1.93. The largest absolute Gasteiger partial charge is 0.416 e. The van der Waals surface area contributed by atoms with Gasteiger partial charge in [0.15, 0.2) is 0 Å². The van der Waals surface area contributed by atoms with Gasteiger partial charge in [0.05, 0.1) is 23.1 Å². The van der Waals surface area contributed by atoms with Crippen LogP contribution in [0, 0.1) is 12.7 Å². The molecule has 20 heavy (non-hydrogen) atoms. The van der Waals surface area contributed by atoms with Crippen LogP contribution in [0.25, 0.3) is 0 Å². The minimum atomic E-state index is -4.53. The van der Waals surface area contributed by atoms with Crippen molar-refractivity contribution in [2.75, 3.05) is 5.32 Å². The van der Waals surface area contributed by atoms with Gasteiger partial charge in [-0.2, -0.15) is 18.3 Å². The second-order valence-electron chi connectivity index (χ2n) is 4.42. The second kappa shape index (κ2) is 5.15.